The highest BCUT2D eigenvalue weighted by Crippen LogP contribution is 2.32. The first-order valence-corrected chi connectivity index (χ1v) is 9.81. The predicted molar refractivity (Wildman–Crippen MR) is 105 cm³/mol. The van der Waals surface area contributed by atoms with E-state index in [0.717, 1.165) is 17.0 Å². The Labute approximate surface area is 175 Å². The summed E-state index contributed by atoms with van der Waals surface area (Å²) in [5.41, 5.74) is 0.439. The maximum Gasteiger partial charge on any atom is 0.416 e. The second-order valence-electron chi connectivity index (χ2n) is 6.23. The van der Waals surface area contributed by atoms with Crippen LogP contribution in [-0.2, 0) is 21.5 Å². The van der Waals surface area contributed by atoms with Crippen molar-refractivity contribution in [2.75, 3.05) is 13.7 Å². The molecule has 0 aliphatic heterocycles. The van der Waals surface area contributed by atoms with Gasteiger partial charge in [-0.3, -0.25) is 0 Å². The van der Waals surface area contributed by atoms with E-state index in [2.05, 4.69) is 9.72 Å². The lowest BCUT2D eigenvalue weighted by atomic mass is 10.1. The zero-order valence-corrected chi connectivity index (χ0v) is 17.0. The molecule has 158 valence electrons. The van der Waals surface area contributed by atoms with E-state index in [9.17, 15) is 18.0 Å². The molecule has 0 N–H and O–H groups in total. The van der Waals surface area contributed by atoms with Crippen LogP contribution in [0.15, 0.2) is 57.8 Å². The van der Waals surface area contributed by atoms with Crippen LogP contribution in [0.25, 0.3) is 11.5 Å². The summed E-state index contributed by atoms with van der Waals surface area (Å²) in [5, 5.41) is 0. The van der Waals surface area contributed by atoms with E-state index in [1.54, 1.807) is 19.1 Å². The van der Waals surface area contributed by atoms with Gasteiger partial charge in [0.15, 0.2) is 6.61 Å². The molecule has 0 radical (unpaired) electrons. The van der Waals surface area contributed by atoms with Crippen molar-refractivity contribution in [3.05, 3.63) is 65.5 Å². The van der Waals surface area contributed by atoms with Crippen LogP contribution >= 0.6 is 11.8 Å². The smallest absolute Gasteiger partial charge is 0.416 e. The van der Waals surface area contributed by atoms with Crippen LogP contribution < -0.4 is 4.74 Å². The molecule has 3 rings (SSSR count). The van der Waals surface area contributed by atoms with Crippen LogP contribution in [0.1, 0.15) is 17.0 Å². The molecule has 0 aliphatic rings. The summed E-state index contributed by atoms with van der Waals surface area (Å²) in [6.07, 6.45) is -4.38. The van der Waals surface area contributed by atoms with Gasteiger partial charge in [-0.1, -0.05) is 0 Å². The average Bonchev–Trinajstić information content (AvgIpc) is 3.11. The van der Waals surface area contributed by atoms with Crippen molar-refractivity contribution in [3.8, 4) is 17.2 Å². The zero-order valence-electron chi connectivity index (χ0n) is 16.2. The topological polar surface area (TPSA) is 61.6 Å². The van der Waals surface area contributed by atoms with Crippen molar-refractivity contribution in [2.24, 2.45) is 0 Å². The molecule has 0 aliphatic carbocycles. The molecule has 0 atom stereocenters. The molecule has 9 heteroatoms. The third kappa shape index (κ3) is 5.56. The second-order valence-corrected chi connectivity index (χ2v) is 7.28. The van der Waals surface area contributed by atoms with Crippen molar-refractivity contribution >= 4 is 17.7 Å². The molecule has 0 unspecified atom stereocenters. The van der Waals surface area contributed by atoms with Gasteiger partial charge in [0.2, 0.25) is 5.89 Å². The monoisotopic (exact) mass is 437 g/mol. The summed E-state index contributed by atoms with van der Waals surface area (Å²) < 4.78 is 53.7. The summed E-state index contributed by atoms with van der Waals surface area (Å²) in [4.78, 5) is 16.4. The Morgan fingerprint density at radius 1 is 1.10 bits per heavy atom. The number of carbonyl (C=O) groups is 1. The number of thioether (sulfide) groups is 1. The lowest BCUT2D eigenvalue weighted by molar-refractivity contribution is -0.143. The maximum atomic E-state index is 12.7. The lowest BCUT2D eigenvalue weighted by Crippen LogP contribution is -2.12. The zero-order chi connectivity index (χ0) is 21.7. The largest absolute Gasteiger partial charge is 0.482 e. The Kier molecular flexibility index (Phi) is 6.71. The molecule has 0 spiro atoms. The highest BCUT2D eigenvalue weighted by molar-refractivity contribution is 7.98. The molecule has 1 aromatic heterocycles. The van der Waals surface area contributed by atoms with Gasteiger partial charge in [0.05, 0.1) is 24.1 Å². The van der Waals surface area contributed by atoms with Gasteiger partial charge in [-0.15, -0.1) is 11.8 Å². The molecule has 0 fully saturated rings. The average molecular weight is 437 g/mol. The van der Waals surface area contributed by atoms with Crippen LogP contribution in [0.4, 0.5) is 13.2 Å². The Hall–Kier alpha value is -2.94. The maximum absolute atomic E-state index is 12.7. The van der Waals surface area contributed by atoms with Crippen LogP contribution in [0.5, 0.6) is 5.75 Å². The molecule has 3 aromatic rings. The van der Waals surface area contributed by atoms with Crippen molar-refractivity contribution in [2.45, 2.75) is 23.7 Å². The molecule has 30 heavy (non-hydrogen) atoms. The first-order chi connectivity index (χ1) is 14.3. The van der Waals surface area contributed by atoms with Crippen LogP contribution in [0.2, 0.25) is 0 Å². The highest BCUT2D eigenvalue weighted by Gasteiger charge is 2.30. The van der Waals surface area contributed by atoms with Gasteiger partial charge in [-0.2, -0.15) is 13.2 Å². The van der Waals surface area contributed by atoms with Gasteiger partial charge in [-0.25, -0.2) is 9.78 Å². The highest BCUT2D eigenvalue weighted by atomic mass is 32.2. The number of rotatable bonds is 7. The minimum Gasteiger partial charge on any atom is -0.482 e. The lowest BCUT2D eigenvalue weighted by Gasteiger charge is -2.06. The number of esters is 1. The third-order valence-corrected chi connectivity index (χ3v) is 5.14. The summed E-state index contributed by atoms with van der Waals surface area (Å²) in [5.74, 6) is 1.51. The van der Waals surface area contributed by atoms with E-state index >= 15 is 0 Å². The standard InChI is InChI=1S/C21H18F3NO4S/c1-13-18(12-30-17-9-7-16(8-10-17)28-11-19(26)27-2)29-20(25-13)14-3-5-15(6-4-14)21(22,23)24/h3-10H,11-12H2,1-2H3. The van der Waals surface area contributed by atoms with E-state index < -0.39 is 17.7 Å². The van der Waals surface area contributed by atoms with Crippen molar-refractivity contribution in [1.29, 1.82) is 0 Å². The van der Waals surface area contributed by atoms with Gasteiger partial charge in [0, 0.05) is 10.5 Å². The van der Waals surface area contributed by atoms with Gasteiger partial charge < -0.3 is 13.9 Å². The van der Waals surface area contributed by atoms with Gasteiger partial charge in [0.25, 0.3) is 0 Å². The minimum atomic E-state index is -4.38. The number of alkyl halides is 3. The number of hydrogen-bond acceptors (Lipinski definition) is 6. The van der Waals surface area contributed by atoms with Crippen LogP contribution in [-0.4, -0.2) is 24.7 Å². The number of carbonyl (C=O) groups excluding carboxylic acids is 1. The van der Waals surface area contributed by atoms with Crippen molar-refractivity contribution in [3.63, 3.8) is 0 Å². The molecule has 1 heterocycles. The molecular formula is C21H18F3NO4S. The first-order valence-electron chi connectivity index (χ1n) is 8.82. The molecule has 5 nitrogen and oxygen atoms in total. The van der Waals surface area contributed by atoms with Crippen molar-refractivity contribution < 1.29 is 31.9 Å². The van der Waals surface area contributed by atoms with Gasteiger partial charge >= 0.3 is 12.1 Å². The molecule has 0 saturated heterocycles. The summed E-state index contributed by atoms with van der Waals surface area (Å²) in [7, 11) is 1.29. The number of hydrogen-bond donors (Lipinski definition) is 0. The number of oxazole rings is 1. The Bertz CT molecular complexity index is 999. The number of aromatic nitrogens is 1. The first kappa shape index (κ1) is 21.8. The fourth-order valence-corrected chi connectivity index (χ4v) is 3.36. The van der Waals surface area contributed by atoms with E-state index in [1.807, 2.05) is 12.1 Å². The SMILES string of the molecule is COC(=O)COc1ccc(SCc2oc(-c3ccc(C(F)(F)F)cc3)nc2C)cc1. The number of methoxy groups -OCH3 is 1. The third-order valence-electron chi connectivity index (χ3n) is 4.13. The second kappa shape index (κ2) is 9.25. The molecule has 2 aromatic carbocycles. The van der Waals surface area contributed by atoms with E-state index in [0.29, 0.717) is 28.5 Å². The van der Waals surface area contributed by atoms with E-state index in [1.165, 1.54) is 31.0 Å². The summed E-state index contributed by atoms with van der Waals surface area (Å²) in [6.45, 7) is 1.63. The van der Waals surface area contributed by atoms with Crippen LogP contribution in [0, 0.1) is 6.92 Å². The van der Waals surface area contributed by atoms with E-state index in [4.69, 9.17) is 9.15 Å². The molecule has 0 saturated carbocycles. The summed E-state index contributed by atoms with van der Waals surface area (Å²) >= 11 is 1.51. The number of ether oxygens (including phenoxy) is 2. The Balaban J connectivity index is 1.61. The normalized spacial score (nSPS) is 11.4. The fraction of sp³-hybridized carbons (Fsp3) is 0.238. The Morgan fingerprint density at radius 3 is 2.37 bits per heavy atom. The van der Waals surface area contributed by atoms with E-state index in [-0.39, 0.29) is 12.5 Å². The minimum absolute atomic E-state index is 0.160. The number of benzene rings is 2. The van der Waals surface area contributed by atoms with Gasteiger partial charge in [-0.05, 0) is 55.5 Å². The summed E-state index contributed by atoms with van der Waals surface area (Å²) in [6, 6.07) is 11.9. The van der Waals surface area contributed by atoms with Crippen LogP contribution in [0.3, 0.4) is 0 Å². The number of nitrogens with zero attached hydrogens (tertiary/aromatic N) is 1. The fourth-order valence-electron chi connectivity index (χ4n) is 2.47. The molecular weight excluding hydrogens is 419 g/mol. The van der Waals surface area contributed by atoms with Crippen molar-refractivity contribution in [1.82, 2.24) is 4.98 Å². The number of aryl methyl sites for hydroxylation is 1. The quantitative estimate of drug-likeness (QED) is 0.359. The molecule has 0 amide bonds. The Morgan fingerprint density at radius 2 is 1.77 bits per heavy atom. The molecule has 0 bridgehead atoms. The number of halogens is 3. The van der Waals surface area contributed by atoms with Gasteiger partial charge in [0.1, 0.15) is 11.5 Å². The predicted octanol–water partition coefficient (Wildman–Crippen LogP) is 5.51.